The first-order valence-corrected chi connectivity index (χ1v) is 10.7. The zero-order valence-corrected chi connectivity index (χ0v) is 17.8. The minimum atomic E-state index is -4.90. The molecule has 1 aromatic heterocycles. The molecule has 9 heteroatoms. The van der Waals surface area contributed by atoms with Crippen LogP contribution >= 0.6 is 0 Å². The molecule has 0 fully saturated rings. The fraction of sp³-hybridized carbons (Fsp3) is 0.320. The second-order valence-electron chi connectivity index (χ2n) is 8.20. The third kappa shape index (κ3) is 5.51. The molecule has 0 bridgehead atoms. The molecule has 1 aliphatic carbocycles. The lowest BCUT2D eigenvalue weighted by Gasteiger charge is -2.25. The van der Waals surface area contributed by atoms with Gasteiger partial charge in [-0.3, -0.25) is 0 Å². The van der Waals surface area contributed by atoms with Gasteiger partial charge in [-0.05, 0) is 66.3 Å². The molecule has 0 aliphatic heterocycles. The molecule has 3 aromatic rings. The van der Waals surface area contributed by atoms with Crippen LogP contribution in [-0.4, -0.2) is 11.6 Å². The third-order valence-corrected chi connectivity index (χ3v) is 5.82. The number of benzene rings is 2. The number of rotatable bonds is 5. The van der Waals surface area contributed by atoms with Crippen LogP contribution in [0.5, 0.6) is 5.88 Å². The molecule has 1 atom stereocenters. The summed E-state index contributed by atoms with van der Waals surface area (Å²) in [6.07, 6.45) is -7.37. The Kier molecular flexibility index (Phi) is 6.55. The lowest BCUT2D eigenvalue weighted by Crippen LogP contribution is -2.15. The first-order valence-electron chi connectivity index (χ1n) is 10.7. The minimum Gasteiger partial charge on any atom is -0.477 e. The van der Waals surface area contributed by atoms with Crippen LogP contribution in [0.15, 0.2) is 54.6 Å². The molecule has 2 nitrogen and oxygen atoms in total. The smallest absolute Gasteiger partial charge is 0.416 e. The largest absolute Gasteiger partial charge is 0.477 e. The van der Waals surface area contributed by atoms with Gasteiger partial charge in [-0.2, -0.15) is 26.3 Å². The van der Waals surface area contributed by atoms with Crippen LogP contribution in [-0.2, 0) is 25.2 Å². The van der Waals surface area contributed by atoms with Crippen LogP contribution < -0.4 is 4.74 Å². The van der Waals surface area contributed by atoms with E-state index in [4.69, 9.17) is 4.74 Å². The van der Waals surface area contributed by atoms with E-state index in [0.29, 0.717) is 12.1 Å². The van der Waals surface area contributed by atoms with Crippen molar-refractivity contribution >= 4 is 0 Å². The van der Waals surface area contributed by atoms with Crippen molar-refractivity contribution in [1.82, 2.24) is 4.98 Å². The predicted molar refractivity (Wildman–Crippen MR) is 111 cm³/mol. The van der Waals surface area contributed by atoms with Gasteiger partial charge in [-0.1, -0.05) is 18.2 Å². The van der Waals surface area contributed by atoms with Crippen molar-refractivity contribution in [1.29, 1.82) is 0 Å². The number of aryl methyl sites for hydroxylation is 1. The van der Waals surface area contributed by atoms with E-state index in [2.05, 4.69) is 4.98 Å². The minimum absolute atomic E-state index is 0.0503. The molecule has 1 heterocycles. The van der Waals surface area contributed by atoms with Crippen molar-refractivity contribution in [2.75, 3.05) is 6.61 Å². The van der Waals surface area contributed by atoms with E-state index < -0.39 is 23.5 Å². The number of fused-ring (bicyclic) bond motifs is 1. The maximum Gasteiger partial charge on any atom is 0.416 e. The number of nitrogens with zero attached hydrogens (tertiary/aromatic N) is 1. The molecule has 0 spiro atoms. The van der Waals surface area contributed by atoms with E-state index in [9.17, 15) is 30.7 Å². The summed E-state index contributed by atoms with van der Waals surface area (Å²) < 4.78 is 97.2. The van der Waals surface area contributed by atoms with Crippen LogP contribution in [0.3, 0.4) is 0 Å². The average Bonchev–Trinajstić information content (AvgIpc) is 2.78. The van der Waals surface area contributed by atoms with Gasteiger partial charge in [0.15, 0.2) is 0 Å². The SMILES string of the molecule is Fc1ccc(C2CCCc3ccc(OCCc4cc(C(F)(F)F)cc(C(F)(F)F)c4)nc32)cc1. The first-order chi connectivity index (χ1) is 16.0. The molecule has 0 N–H and O–H groups in total. The standard InChI is InChI=1S/C25H20F7NO/c26-20-7-4-16(5-8-20)21-3-1-2-17-6-9-22(33-23(17)21)34-11-10-15-12-18(24(27,28)29)14-19(13-15)25(30,31)32/h4-9,12-14,21H,1-3,10-11H2. The molecule has 0 radical (unpaired) electrons. The summed E-state index contributed by atoms with van der Waals surface area (Å²) in [6.45, 7) is -0.147. The summed E-state index contributed by atoms with van der Waals surface area (Å²) in [6, 6.07) is 11.2. The van der Waals surface area contributed by atoms with Crippen LogP contribution in [0.1, 0.15) is 52.3 Å². The van der Waals surface area contributed by atoms with E-state index in [1.165, 1.54) is 12.1 Å². The Morgan fingerprint density at radius 2 is 1.50 bits per heavy atom. The normalized spacial score (nSPS) is 16.3. The highest BCUT2D eigenvalue weighted by Crippen LogP contribution is 2.38. The second-order valence-corrected chi connectivity index (χ2v) is 8.20. The van der Waals surface area contributed by atoms with E-state index in [0.717, 1.165) is 36.1 Å². The second kappa shape index (κ2) is 9.27. The molecule has 0 saturated heterocycles. The number of pyridine rings is 1. The predicted octanol–water partition coefficient (Wildman–Crippen LogP) is 7.35. The number of halogens is 7. The Morgan fingerprint density at radius 1 is 0.853 bits per heavy atom. The summed E-state index contributed by atoms with van der Waals surface area (Å²) in [7, 11) is 0. The first kappa shape index (κ1) is 24.0. The molecule has 34 heavy (non-hydrogen) atoms. The summed E-state index contributed by atoms with van der Waals surface area (Å²) in [5, 5.41) is 0. The maximum atomic E-state index is 13.3. The molecule has 1 aliphatic rings. The highest BCUT2D eigenvalue weighted by Gasteiger charge is 2.36. The molecule has 2 aromatic carbocycles. The van der Waals surface area contributed by atoms with Gasteiger partial charge in [-0.15, -0.1) is 0 Å². The maximum absolute atomic E-state index is 13.3. The Morgan fingerprint density at radius 3 is 2.12 bits per heavy atom. The fourth-order valence-electron chi connectivity index (χ4n) is 4.17. The lowest BCUT2D eigenvalue weighted by atomic mass is 9.82. The number of hydrogen-bond donors (Lipinski definition) is 0. The molecule has 4 rings (SSSR count). The molecular weight excluding hydrogens is 463 g/mol. The average molecular weight is 483 g/mol. The van der Waals surface area contributed by atoms with Crippen molar-refractivity contribution in [3.8, 4) is 5.88 Å². The Balaban J connectivity index is 1.51. The highest BCUT2D eigenvalue weighted by atomic mass is 19.4. The summed E-state index contributed by atoms with van der Waals surface area (Å²) >= 11 is 0. The molecule has 0 amide bonds. The van der Waals surface area contributed by atoms with Gasteiger partial charge < -0.3 is 4.74 Å². The van der Waals surface area contributed by atoms with E-state index in [1.807, 2.05) is 6.07 Å². The number of aromatic nitrogens is 1. The molecular formula is C25H20F7NO. The van der Waals surface area contributed by atoms with Crippen molar-refractivity contribution in [2.45, 2.75) is 44.0 Å². The quantitative estimate of drug-likeness (QED) is 0.354. The topological polar surface area (TPSA) is 22.1 Å². The van der Waals surface area contributed by atoms with Crippen LogP contribution in [0.25, 0.3) is 0 Å². The van der Waals surface area contributed by atoms with Crippen LogP contribution in [0.4, 0.5) is 30.7 Å². The van der Waals surface area contributed by atoms with Gasteiger partial charge in [0.2, 0.25) is 5.88 Å². The van der Waals surface area contributed by atoms with Crippen LogP contribution in [0.2, 0.25) is 0 Å². The Hall–Kier alpha value is -3.10. The van der Waals surface area contributed by atoms with E-state index in [1.54, 1.807) is 18.2 Å². The van der Waals surface area contributed by atoms with Gasteiger partial charge >= 0.3 is 12.4 Å². The fourth-order valence-corrected chi connectivity index (χ4v) is 4.17. The zero-order chi connectivity index (χ0) is 24.5. The van der Waals surface area contributed by atoms with Crippen molar-refractivity contribution in [3.63, 3.8) is 0 Å². The summed E-state index contributed by atoms with van der Waals surface area (Å²) in [5.41, 5.74) is -0.118. The lowest BCUT2D eigenvalue weighted by molar-refractivity contribution is -0.143. The van der Waals surface area contributed by atoms with Crippen LogP contribution in [0, 0.1) is 5.82 Å². The van der Waals surface area contributed by atoms with Gasteiger partial charge in [0.1, 0.15) is 5.82 Å². The van der Waals surface area contributed by atoms with Gasteiger partial charge in [0.05, 0.1) is 23.4 Å². The number of alkyl halides is 6. The van der Waals surface area contributed by atoms with E-state index in [-0.39, 0.29) is 42.3 Å². The molecule has 1 unspecified atom stereocenters. The number of hydrogen-bond acceptors (Lipinski definition) is 2. The van der Waals surface area contributed by atoms with Gasteiger partial charge in [-0.25, -0.2) is 9.37 Å². The van der Waals surface area contributed by atoms with Crippen molar-refractivity contribution in [2.24, 2.45) is 0 Å². The van der Waals surface area contributed by atoms with Crippen molar-refractivity contribution < 1.29 is 35.5 Å². The zero-order valence-electron chi connectivity index (χ0n) is 17.8. The summed E-state index contributed by atoms with van der Waals surface area (Å²) in [5.74, 6) is -0.158. The summed E-state index contributed by atoms with van der Waals surface area (Å²) in [4.78, 5) is 4.56. The Bertz CT molecular complexity index is 1120. The van der Waals surface area contributed by atoms with Gasteiger partial charge in [0, 0.05) is 18.4 Å². The number of ether oxygens (including phenoxy) is 1. The monoisotopic (exact) mass is 483 g/mol. The molecule has 180 valence electrons. The van der Waals surface area contributed by atoms with E-state index >= 15 is 0 Å². The Labute approximate surface area is 191 Å². The van der Waals surface area contributed by atoms with Gasteiger partial charge in [0.25, 0.3) is 0 Å². The molecule has 0 saturated carbocycles. The highest BCUT2D eigenvalue weighted by molar-refractivity contribution is 5.38. The third-order valence-electron chi connectivity index (χ3n) is 5.82. The van der Waals surface area contributed by atoms with Crippen molar-refractivity contribution in [3.05, 3.63) is 93.9 Å².